The second-order valence-corrected chi connectivity index (χ2v) is 8.72. The molecule has 0 spiro atoms. The maximum Gasteiger partial charge on any atom is 0.337 e. The summed E-state index contributed by atoms with van der Waals surface area (Å²) in [5.41, 5.74) is 2.47. The molecule has 0 saturated carbocycles. The smallest absolute Gasteiger partial charge is 0.337 e. The maximum absolute atomic E-state index is 11.8. The van der Waals surface area contributed by atoms with Crippen LogP contribution in [-0.2, 0) is 4.74 Å². The molecule has 2 aromatic heterocycles. The van der Waals surface area contributed by atoms with Crippen molar-refractivity contribution in [3.05, 3.63) is 101 Å². The number of carbonyl (C=O) groups is 1. The summed E-state index contributed by atoms with van der Waals surface area (Å²) in [6.07, 6.45) is 1.72. The van der Waals surface area contributed by atoms with Gasteiger partial charge < -0.3 is 24.5 Å². The maximum atomic E-state index is 11.8. The number of nitrogens with one attached hydrogen (secondary N) is 1. The van der Waals surface area contributed by atoms with Gasteiger partial charge in [0, 0.05) is 16.8 Å². The van der Waals surface area contributed by atoms with Gasteiger partial charge >= 0.3 is 5.97 Å². The topological polar surface area (TPSA) is 87.8 Å². The lowest BCUT2D eigenvalue weighted by molar-refractivity contribution is 0.0600. The van der Waals surface area contributed by atoms with Crippen LogP contribution < -0.4 is 10.2 Å². The highest BCUT2D eigenvalue weighted by atomic mass is 35.5. The van der Waals surface area contributed by atoms with Gasteiger partial charge in [-0.05, 0) is 66.8 Å². The number of anilines is 1. The highest BCUT2D eigenvalue weighted by Gasteiger charge is 2.43. The number of carbonyl (C=O) groups excluding carboxylic acids is 1. The molecule has 0 aliphatic carbocycles. The van der Waals surface area contributed by atoms with Gasteiger partial charge in [0.25, 0.3) is 0 Å². The van der Waals surface area contributed by atoms with Gasteiger partial charge in [0.05, 0.1) is 30.1 Å². The molecule has 1 fully saturated rings. The monoisotopic (exact) mass is 505 g/mol. The summed E-state index contributed by atoms with van der Waals surface area (Å²) >= 11 is 11.9. The number of pyridine rings is 1. The van der Waals surface area contributed by atoms with Crippen LogP contribution in [0.4, 0.5) is 5.69 Å². The average Bonchev–Trinajstić information content (AvgIpc) is 3.50. The summed E-state index contributed by atoms with van der Waals surface area (Å²) in [5, 5.41) is 14.8. The van der Waals surface area contributed by atoms with Gasteiger partial charge in [0.15, 0.2) is 5.11 Å². The second kappa shape index (κ2) is 9.40. The standard InChI is InChI=1S/C26H20ClN3O4S/c1-33-25(32)16-7-5-15(6-8-16)21-11-12-22(34-21)24-23(18-4-2-3-13-28-18)29-26(35)30(24)19-14-17(27)9-10-20(19)31/h2-14,23-24,31H,1H3,(H,29,35). The van der Waals surface area contributed by atoms with Crippen LogP contribution in [-0.4, -0.2) is 28.3 Å². The number of thiocarbonyl (C=S) groups is 1. The molecule has 2 N–H and O–H groups in total. The van der Waals surface area contributed by atoms with Gasteiger partial charge in [0.1, 0.15) is 23.3 Å². The second-order valence-electron chi connectivity index (χ2n) is 7.90. The molecule has 4 aromatic rings. The zero-order valence-electron chi connectivity index (χ0n) is 18.5. The van der Waals surface area contributed by atoms with E-state index < -0.39 is 12.0 Å². The lowest BCUT2D eigenvalue weighted by Crippen LogP contribution is -2.29. The first-order valence-electron chi connectivity index (χ1n) is 10.7. The van der Waals surface area contributed by atoms with Crippen molar-refractivity contribution < 1.29 is 19.1 Å². The normalized spacial score (nSPS) is 17.3. The number of nitrogens with zero attached hydrogens (tertiary/aromatic N) is 2. The number of halogens is 1. The van der Waals surface area contributed by atoms with Crippen LogP contribution in [0.15, 0.2) is 83.4 Å². The lowest BCUT2D eigenvalue weighted by atomic mass is 10.0. The molecule has 0 bridgehead atoms. The molecule has 9 heteroatoms. The SMILES string of the molecule is COC(=O)c1ccc(-c2ccc(C3C(c4ccccn4)NC(=S)N3c3cc(Cl)ccc3O)o2)cc1. The first kappa shape index (κ1) is 22.9. The van der Waals surface area contributed by atoms with Crippen LogP contribution in [0.3, 0.4) is 0 Å². The molecule has 0 radical (unpaired) electrons. The van der Waals surface area contributed by atoms with E-state index in [0.717, 1.165) is 11.3 Å². The number of phenols is 1. The highest BCUT2D eigenvalue weighted by molar-refractivity contribution is 7.80. The van der Waals surface area contributed by atoms with Crippen molar-refractivity contribution in [2.75, 3.05) is 12.0 Å². The largest absolute Gasteiger partial charge is 0.506 e. The number of phenolic OH excluding ortho intramolecular Hbond substituents is 1. The number of aromatic hydroxyl groups is 1. The van der Waals surface area contributed by atoms with Crippen LogP contribution in [0.2, 0.25) is 5.02 Å². The average molecular weight is 506 g/mol. The van der Waals surface area contributed by atoms with Crippen molar-refractivity contribution in [2.45, 2.75) is 12.1 Å². The number of rotatable bonds is 5. The van der Waals surface area contributed by atoms with Gasteiger partial charge in [-0.3, -0.25) is 4.98 Å². The van der Waals surface area contributed by atoms with E-state index in [0.29, 0.717) is 32.9 Å². The Kier molecular flexibility index (Phi) is 6.15. The zero-order valence-corrected chi connectivity index (χ0v) is 20.1. The molecular formula is C26H20ClN3O4S. The van der Waals surface area contributed by atoms with E-state index in [9.17, 15) is 9.90 Å². The first-order valence-corrected chi connectivity index (χ1v) is 11.5. The zero-order chi connectivity index (χ0) is 24.5. The van der Waals surface area contributed by atoms with E-state index in [1.807, 2.05) is 30.3 Å². The predicted octanol–water partition coefficient (Wildman–Crippen LogP) is 5.66. The third kappa shape index (κ3) is 4.34. The van der Waals surface area contributed by atoms with Crippen molar-refractivity contribution in [1.29, 1.82) is 0 Å². The number of benzene rings is 2. The van der Waals surface area contributed by atoms with Crippen LogP contribution in [0.1, 0.15) is 33.9 Å². The first-order chi connectivity index (χ1) is 17.0. The fourth-order valence-electron chi connectivity index (χ4n) is 4.15. The molecule has 176 valence electrons. The molecular weight excluding hydrogens is 486 g/mol. The molecule has 2 atom stereocenters. The molecule has 5 rings (SSSR count). The molecule has 1 saturated heterocycles. The van der Waals surface area contributed by atoms with E-state index in [2.05, 4.69) is 10.3 Å². The van der Waals surface area contributed by atoms with E-state index in [1.54, 1.807) is 47.5 Å². The number of ether oxygens (including phenoxy) is 1. The summed E-state index contributed by atoms with van der Waals surface area (Å²) in [4.78, 5) is 18.1. The molecule has 1 aliphatic heterocycles. The fraction of sp³-hybridized carbons (Fsp3) is 0.115. The number of aromatic nitrogens is 1. The minimum atomic E-state index is -0.454. The van der Waals surface area contributed by atoms with Crippen LogP contribution in [0, 0.1) is 0 Å². The van der Waals surface area contributed by atoms with Gasteiger partial charge in [-0.2, -0.15) is 0 Å². The number of methoxy groups -OCH3 is 1. The highest BCUT2D eigenvalue weighted by Crippen LogP contribution is 2.45. The van der Waals surface area contributed by atoms with Gasteiger partial charge in [-0.1, -0.05) is 29.8 Å². The summed E-state index contributed by atoms with van der Waals surface area (Å²) in [5.74, 6) is 0.858. The van der Waals surface area contributed by atoms with E-state index >= 15 is 0 Å². The van der Waals surface area contributed by atoms with E-state index in [4.69, 9.17) is 33.0 Å². The van der Waals surface area contributed by atoms with E-state index in [1.165, 1.54) is 13.2 Å². The summed E-state index contributed by atoms with van der Waals surface area (Å²) in [7, 11) is 1.34. The third-order valence-corrected chi connectivity index (χ3v) is 6.35. The Morgan fingerprint density at radius 1 is 1.14 bits per heavy atom. The van der Waals surface area contributed by atoms with Crippen molar-refractivity contribution in [1.82, 2.24) is 10.3 Å². The van der Waals surface area contributed by atoms with Crippen molar-refractivity contribution in [3.8, 4) is 17.1 Å². The number of esters is 1. The van der Waals surface area contributed by atoms with Gasteiger partial charge in [-0.15, -0.1) is 0 Å². The Hall–Kier alpha value is -3.88. The molecule has 7 nitrogen and oxygen atoms in total. The van der Waals surface area contributed by atoms with Crippen molar-refractivity contribution in [2.24, 2.45) is 0 Å². The minimum Gasteiger partial charge on any atom is -0.506 e. The quantitative estimate of drug-likeness (QED) is 0.265. The number of furan rings is 1. The summed E-state index contributed by atoms with van der Waals surface area (Å²) in [6, 6.07) is 20.3. The Morgan fingerprint density at radius 2 is 1.94 bits per heavy atom. The van der Waals surface area contributed by atoms with Gasteiger partial charge in [0.2, 0.25) is 0 Å². The Labute approximate surface area is 211 Å². The molecule has 0 amide bonds. The molecule has 35 heavy (non-hydrogen) atoms. The summed E-state index contributed by atoms with van der Waals surface area (Å²) < 4.78 is 11.1. The fourth-order valence-corrected chi connectivity index (χ4v) is 4.65. The molecule has 2 aromatic carbocycles. The van der Waals surface area contributed by atoms with Crippen molar-refractivity contribution >= 4 is 40.6 Å². The Bertz CT molecular complexity index is 1390. The summed E-state index contributed by atoms with van der Waals surface area (Å²) in [6.45, 7) is 0. The predicted molar refractivity (Wildman–Crippen MR) is 137 cm³/mol. The van der Waals surface area contributed by atoms with Gasteiger partial charge in [-0.25, -0.2) is 4.79 Å². The number of hydrogen-bond donors (Lipinski definition) is 2. The Morgan fingerprint density at radius 3 is 2.66 bits per heavy atom. The third-order valence-electron chi connectivity index (χ3n) is 5.80. The molecule has 1 aliphatic rings. The van der Waals surface area contributed by atoms with Crippen LogP contribution in [0.5, 0.6) is 5.75 Å². The van der Waals surface area contributed by atoms with Crippen LogP contribution in [0.25, 0.3) is 11.3 Å². The lowest BCUT2D eigenvalue weighted by Gasteiger charge is -2.26. The Balaban J connectivity index is 1.57. The van der Waals surface area contributed by atoms with Crippen LogP contribution >= 0.6 is 23.8 Å². The van der Waals surface area contributed by atoms with E-state index in [-0.39, 0.29) is 11.8 Å². The number of hydrogen-bond acceptors (Lipinski definition) is 6. The molecule has 3 heterocycles. The minimum absolute atomic E-state index is 0.0374. The molecule has 2 unspecified atom stereocenters. The van der Waals surface area contributed by atoms with Crippen molar-refractivity contribution in [3.63, 3.8) is 0 Å².